The highest BCUT2D eigenvalue weighted by Gasteiger charge is 2.26. The number of piperazine rings is 1. The van der Waals surface area contributed by atoms with E-state index in [9.17, 15) is 4.79 Å². The molecule has 4 nitrogen and oxygen atoms in total. The van der Waals surface area contributed by atoms with Crippen molar-refractivity contribution < 1.29 is 4.79 Å². The van der Waals surface area contributed by atoms with E-state index in [1.165, 1.54) is 11.1 Å². The fraction of sp³-hybridized carbons (Fsp3) is 0.467. The van der Waals surface area contributed by atoms with Crippen LogP contribution in [0.5, 0.6) is 0 Å². The molecule has 0 aliphatic carbocycles. The Morgan fingerprint density at radius 1 is 1.47 bits per heavy atom. The van der Waals surface area contributed by atoms with Crippen LogP contribution in [0.4, 0.5) is 0 Å². The first-order chi connectivity index (χ1) is 9.11. The lowest BCUT2D eigenvalue weighted by molar-refractivity contribution is -0.132. The maximum absolute atomic E-state index is 12.3. The van der Waals surface area contributed by atoms with Crippen molar-refractivity contribution in [3.63, 3.8) is 0 Å². The van der Waals surface area contributed by atoms with Gasteiger partial charge in [-0.05, 0) is 30.5 Å². The Bertz CT molecular complexity index is 519. The second kappa shape index (κ2) is 5.85. The van der Waals surface area contributed by atoms with Gasteiger partial charge in [-0.25, -0.2) is 0 Å². The van der Waals surface area contributed by atoms with E-state index in [4.69, 9.17) is 5.26 Å². The van der Waals surface area contributed by atoms with Gasteiger partial charge in [-0.15, -0.1) is 0 Å². The van der Waals surface area contributed by atoms with Gasteiger partial charge in [-0.2, -0.15) is 5.26 Å². The summed E-state index contributed by atoms with van der Waals surface area (Å²) in [6.07, 6.45) is 0.374. The van der Waals surface area contributed by atoms with E-state index in [0.717, 1.165) is 12.1 Å². The van der Waals surface area contributed by atoms with E-state index >= 15 is 0 Å². The zero-order chi connectivity index (χ0) is 13.8. The van der Waals surface area contributed by atoms with Gasteiger partial charge in [-0.3, -0.25) is 4.79 Å². The molecule has 1 heterocycles. The Balaban J connectivity index is 2.07. The molecule has 1 N–H and O–H groups in total. The van der Waals surface area contributed by atoms with Crippen molar-refractivity contribution in [3.8, 4) is 6.07 Å². The average Bonchev–Trinajstić information content (AvgIpc) is 2.43. The van der Waals surface area contributed by atoms with Gasteiger partial charge in [0, 0.05) is 19.6 Å². The third-order valence-electron chi connectivity index (χ3n) is 3.64. The SMILES string of the molecule is Cc1ccc(CC(=O)N2CCNCC2C#N)cc1C. The van der Waals surface area contributed by atoms with E-state index in [0.29, 0.717) is 19.5 Å². The monoisotopic (exact) mass is 257 g/mol. The number of hydrogen-bond acceptors (Lipinski definition) is 3. The molecular formula is C15H19N3O. The Morgan fingerprint density at radius 3 is 2.95 bits per heavy atom. The van der Waals surface area contributed by atoms with Gasteiger partial charge < -0.3 is 10.2 Å². The zero-order valence-corrected chi connectivity index (χ0v) is 11.4. The molecule has 4 heteroatoms. The van der Waals surface area contributed by atoms with E-state index in [-0.39, 0.29) is 11.9 Å². The Labute approximate surface area is 114 Å². The predicted octanol–water partition coefficient (Wildman–Crippen LogP) is 1.17. The molecule has 1 atom stereocenters. The highest BCUT2D eigenvalue weighted by Crippen LogP contribution is 2.12. The number of aryl methyl sites for hydroxylation is 2. The second-order valence-electron chi connectivity index (χ2n) is 5.03. The molecule has 19 heavy (non-hydrogen) atoms. The lowest BCUT2D eigenvalue weighted by Crippen LogP contribution is -2.53. The Kier molecular flexibility index (Phi) is 4.18. The molecule has 0 aromatic heterocycles. The van der Waals surface area contributed by atoms with Crippen molar-refractivity contribution in [2.24, 2.45) is 0 Å². The smallest absolute Gasteiger partial charge is 0.228 e. The van der Waals surface area contributed by atoms with Gasteiger partial charge in [0.15, 0.2) is 0 Å². The first-order valence-electron chi connectivity index (χ1n) is 6.57. The summed E-state index contributed by atoms with van der Waals surface area (Å²) < 4.78 is 0. The summed E-state index contributed by atoms with van der Waals surface area (Å²) >= 11 is 0. The summed E-state index contributed by atoms with van der Waals surface area (Å²) in [6.45, 7) is 6.04. The summed E-state index contributed by atoms with van der Waals surface area (Å²) in [5.74, 6) is 0.0382. The van der Waals surface area contributed by atoms with Crippen molar-refractivity contribution in [1.82, 2.24) is 10.2 Å². The van der Waals surface area contributed by atoms with Crippen molar-refractivity contribution in [3.05, 3.63) is 34.9 Å². The first-order valence-corrected chi connectivity index (χ1v) is 6.57. The molecule has 1 aliphatic rings. The highest BCUT2D eigenvalue weighted by atomic mass is 16.2. The number of carbonyl (C=O) groups excluding carboxylic acids is 1. The Morgan fingerprint density at radius 2 is 2.26 bits per heavy atom. The van der Waals surface area contributed by atoms with Gasteiger partial charge in [0.2, 0.25) is 5.91 Å². The van der Waals surface area contributed by atoms with E-state index in [2.05, 4.69) is 24.4 Å². The lowest BCUT2D eigenvalue weighted by atomic mass is 10.0. The van der Waals surface area contributed by atoms with Crippen LogP contribution in [-0.4, -0.2) is 36.5 Å². The number of hydrogen-bond donors (Lipinski definition) is 1. The van der Waals surface area contributed by atoms with Gasteiger partial charge in [-0.1, -0.05) is 18.2 Å². The minimum atomic E-state index is -0.340. The molecule has 1 aromatic carbocycles. The van der Waals surface area contributed by atoms with Crippen LogP contribution in [0, 0.1) is 25.2 Å². The molecule has 1 fully saturated rings. The summed E-state index contributed by atoms with van der Waals surface area (Å²) in [6, 6.07) is 7.93. The number of nitrogens with zero attached hydrogens (tertiary/aromatic N) is 2. The summed E-state index contributed by atoms with van der Waals surface area (Å²) in [5.41, 5.74) is 3.44. The molecule has 2 rings (SSSR count). The third kappa shape index (κ3) is 3.12. The summed E-state index contributed by atoms with van der Waals surface area (Å²) in [7, 11) is 0. The summed E-state index contributed by atoms with van der Waals surface area (Å²) in [4.78, 5) is 14.0. The van der Waals surface area contributed by atoms with Gasteiger partial charge >= 0.3 is 0 Å². The van der Waals surface area contributed by atoms with Crippen LogP contribution in [0.3, 0.4) is 0 Å². The van der Waals surface area contributed by atoms with Crippen LogP contribution >= 0.6 is 0 Å². The molecule has 0 saturated carbocycles. The number of carbonyl (C=O) groups is 1. The standard InChI is InChI=1S/C15H19N3O/c1-11-3-4-13(7-12(11)2)8-15(19)18-6-5-17-10-14(18)9-16/h3-4,7,14,17H,5-6,8,10H2,1-2H3. The molecule has 0 bridgehead atoms. The quantitative estimate of drug-likeness (QED) is 0.865. The third-order valence-corrected chi connectivity index (χ3v) is 3.64. The van der Waals surface area contributed by atoms with Crippen molar-refractivity contribution in [2.45, 2.75) is 26.3 Å². The lowest BCUT2D eigenvalue weighted by Gasteiger charge is -2.32. The Hall–Kier alpha value is -1.86. The number of benzene rings is 1. The van der Waals surface area contributed by atoms with E-state index < -0.39 is 0 Å². The molecule has 1 aliphatic heterocycles. The fourth-order valence-corrected chi connectivity index (χ4v) is 2.31. The largest absolute Gasteiger partial charge is 0.324 e. The number of nitriles is 1. The fourth-order valence-electron chi connectivity index (χ4n) is 2.31. The van der Waals surface area contributed by atoms with E-state index in [1.807, 2.05) is 19.1 Å². The minimum absolute atomic E-state index is 0.0382. The second-order valence-corrected chi connectivity index (χ2v) is 5.03. The normalized spacial score (nSPS) is 19.0. The van der Waals surface area contributed by atoms with Crippen LogP contribution < -0.4 is 5.32 Å². The molecular weight excluding hydrogens is 238 g/mol. The van der Waals surface area contributed by atoms with Crippen LogP contribution in [0.1, 0.15) is 16.7 Å². The maximum atomic E-state index is 12.3. The molecule has 100 valence electrons. The minimum Gasteiger partial charge on any atom is -0.324 e. The number of nitrogens with one attached hydrogen (secondary N) is 1. The van der Waals surface area contributed by atoms with E-state index in [1.54, 1.807) is 4.90 Å². The number of rotatable bonds is 2. The summed E-state index contributed by atoms with van der Waals surface area (Å²) in [5, 5.41) is 12.2. The molecule has 0 radical (unpaired) electrons. The molecule has 0 spiro atoms. The highest BCUT2D eigenvalue weighted by molar-refractivity contribution is 5.79. The van der Waals surface area contributed by atoms with Crippen LogP contribution in [0.2, 0.25) is 0 Å². The predicted molar refractivity (Wildman–Crippen MR) is 73.6 cm³/mol. The average molecular weight is 257 g/mol. The van der Waals surface area contributed by atoms with Crippen molar-refractivity contribution in [1.29, 1.82) is 5.26 Å². The van der Waals surface area contributed by atoms with Gasteiger partial charge in [0.05, 0.1) is 12.5 Å². The molecule has 1 aromatic rings. The van der Waals surface area contributed by atoms with Crippen molar-refractivity contribution >= 4 is 5.91 Å². The topological polar surface area (TPSA) is 56.1 Å². The zero-order valence-electron chi connectivity index (χ0n) is 11.4. The molecule has 1 unspecified atom stereocenters. The molecule has 1 amide bonds. The van der Waals surface area contributed by atoms with Crippen LogP contribution in [-0.2, 0) is 11.2 Å². The maximum Gasteiger partial charge on any atom is 0.228 e. The molecule has 1 saturated heterocycles. The van der Waals surface area contributed by atoms with Gasteiger partial charge in [0.25, 0.3) is 0 Å². The van der Waals surface area contributed by atoms with Crippen molar-refractivity contribution in [2.75, 3.05) is 19.6 Å². The van der Waals surface area contributed by atoms with Gasteiger partial charge in [0.1, 0.15) is 6.04 Å². The first kappa shape index (κ1) is 13.6. The number of amides is 1. The van der Waals surface area contributed by atoms with Crippen LogP contribution in [0.25, 0.3) is 0 Å². The van der Waals surface area contributed by atoms with Crippen LogP contribution in [0.15, 0.2) is 18.2 Å².